The molecule has 0 aromatic heterocycles. The van der Waals surface area contributed by atoms with Crippen LogP contribution in [0, 0.1) is 11.8 Å². The highest BCUT2D eigenvalue weighted by atomic mass is 16.5. The molecule has 3 aromatic carbocycles. The van der Waals surface area contributed by atoms with E-state index in [1.807, 2.05) is 36.4 Å². The van der Waals surface area contributed by atoms with Crippen molar-refractivity contribution in [3.05, 3.63) is 95.1 Å². The number of hydrogen-bond acceptors (Lipinski definition) is 4. The van der Waals surface area contributed by atoms with Crippen molar-refractivity contribution >= 4 is 5.78 Å². The minimum atomic E-state index is 0.136. The monoisotopic (exact) mass is 469 g/mol. The Bertz CT molecular complexity index is 1140. The van der Waals surface area contributed by atoms with Crippen LogP contribution in [-0.4, -0.2) is 23.8 Å². The fourth-order valence-corrected chi connectivity index (χ4v) is 5.43. The van der Waals surface area contributed by atoms with Crippen LogP contribution in [0.4, 0.5) is 0 Å². The Kier molecular flexibility index (Phi) is 7.19. The predicted molar refractivity (Wildman–Crippen MR) is 139 cm³/mol. The SMILES string of the molecule is CC(C)CC1CN2CCc3cc(OCc4ccccc4)c(OCc4ccccc4)cc3C2CC1=O. The molecule has 1 fully saturated rings. The van der Waals surface area contributed by atoms with Gasteiger partial charge in [-0.2, -0.15) is 0 Å². The molecule has 35 heavy (non-hydrogen) atoms. The summed E-state index contributed by atoms with van der Waals surface area (Å²) in [4.78, 5) is 15.5. The van der Waals surface area contributed by atoms with Crippen LogP contribution in [0.3, 0.4) is 0 Å². The summed E-state index contributed by atoms with van der Waals surface area (Å²) in [6, 6.07) is 24.8. The topological polar surface area (TPSA) is 38.8 Å². The lowest BCUT2D eigenvalue weighted by Crippen LogP contribution is -2.46. The molecule has 0 saturated carbocycles. The Morgan fingerprint density at radius 1 is 0.886 bits per heavy atom. The van der Waals surface area contributed by atoms with E-state index >= 15 is 0 Å². The van der Waals surface area contributed by atoms with Gasteiger partial charge in [-0.3, -0.25) is 9.69 Å². The summed E-state index contributed by atoms with van der Waals surface area (Å²) in [6.07, 6.45) is 2.54. The number of nitrogens with zero attached hydrogens (tertiary/aromatic N) is 1. The Hall–Kier alpha value is -3.11. The average Bonchev–Trinajstić information content (AvgIpc) is 2.87. The first-order chi connectivity index (χ1) is 17.1. The van der Waals surface area contributed by atoms with Crippen LogP contribution in [0.25, 0.3) is 0 Å². The number of benzene rings is 3. The number of carbonyl (C=O) groups excluding carboxylic acids is 1. The van der Waals surface area contributed by atoms with Crippen LogP contribution >= 0.6 is 0 Å². The molecular weight excluding hydrogens is 434 g/mol. The average molecular weight is 470 g/mol. The fourth-order valence-electron chi connectivity index (χ4n) is 5.43. The minimum absolute atomic E-state index is 0.136. The molecule has 2 heterocycles. The highest BCUT2D eigenvalue weighted by molar-refractivity contribution is 5.83. The van der Waals surface area contributed by atoms with E-state index in [-0.39, 0.29) is 12.0 Å². The molecule has 4 nitrogen and oxygen atoms in total. The number of Topliss-reactive ketones (excluding diaryl/α,β-unsaturated/α-hetero) is 1. The first-order valence-corrected chi connectivity index (χ1v) is 12.8. The maximum absolute atomic E-state index is 13.0. The molecule has 2 aliphatic rings. The third-order valence-electron chi connectivity index (χ3n) is 7.21. The van der Waals surface area contributed by atoms with E-state index in [0.717, 1.165) is 48.6 Å². The molecule has 0 aliphatic carbocycles. The molecule has 0 bridgehead atoms. The van der Waals surface area contributed by atoms with Gasteiger partial charge in [0.2, 0.25) is 0 Å². The number of ether oxygens (including phenoxy) is 2. The molecule has 4 heteroatoms. The summed E-state index contributed by atoms with van der Waals surface area (Å²) in [6.45, 7) is 7.24. The van der Waals surface area contributed by atoms with Crippen molar-refractivity contribution < 1.29 is 14.3 Å². The maximum atomic E-state index is 13.0. The Labute approximate surface area is 208 Å². The first-order valence-electron chi connectivity index (χ1n) is 12.8. The quantitative estimate of drug-likeness (QED) is 0.384. The Morgan fingerprint density at radius 3 is 2.09 bits per heavy atom. The smallest absolute Gasteiger partial charge is 0.162 e. The fraction of sp³-hybridized carbons (Fsp3) is 0.387. The number of piperidine rings is 1. The largest absolute Gasteiger partial charge is 0.485 e. The summed E-state index contributed by atoms with van der Waals surface area (Å²) in [5, 5.41) is 0. The second kappa shape index (κ2) is 10.7. The van der Waals surface area contributed by atoms with Crippen LogP contribution in [0.1, 0.15) is 55.0 Å². The van der Waals surface area contributed by atoms with Crippen molar-refractivity contribution in [3.63, 3.8) is 0 Å². The second-order valence-corrected chi connectivity index (χ2v) is 10.3. The van der Waals surface area contributed by atoms with Gasteiger partial charge in [0.05, 0.1) is 0 Å². The summed E-state index contributed by atoms with van der Waals surface area (Å²) >= 11 is 0. The second-order valence-electron chi connectivity index (χ2n) is 10.3. The van der Waals surface area contributed by atoms with Crippen molar-refractivity contribution in [2.75, 3.05) is 13.1 Å². The van der Waals surface area contributed by atoms with E-state index in [4.69, 9.17) is 9.47 Å². The van der Waals surface area contributed by atoms with E-state index < -0.39 is 0 Å². The highest BCUT2D eigenvalue weighted by Crippen LogP contribution is 2.43. The van der Waals surface area contributed by atoms with Gasteiger partial charge in [0.1, 0.15) is 19.0 Å². The molecule has 0 N–H and O–H groups in total. The van der Waals surface area contributed by atoms with E-state index in [1.54, 1.807) is 0 Å². The highest BCUT2D eigenvalue weighted by Gasteiger charge is 2.38. The van der Waals surface area contributed by atoms with Crippen LogP contribution in [0.15, 0.2) is 72.8 Å². The molecule has 0 amide bonds. The van der Waals surface area contributed by atoms with Gasteiger partial charge in [0, 0.05) is 31.5 Å². The van der Waals surface area contributed by atoms with Crippen molar-refractivity contribution in [3.8, 4) is 11.5 Å². The molecule has 182 valence electrons. The molecule has 1 saturated heterocycles. The van der Waals surface area contributed by atoms with Crippen molar-refractivity contribution in [2.45, 2.75) is 52.4 Å². The summed E-state index contributed by atoms with van der Waals surface area (Å²) < 4.78 is 12.6. The van der Waals surface area contributed by atoms with E-state index in [9.17, 15) is 4.79 Å². The zero-order valence-electron chi connectivity index (χ0n) is 20.8. The molecule has 2 atom stereocenters. The number of fused-ring (bicyclic) bond motifs is 3. The van der Waals surface area contributed by atoms with Gasteiger partial charge >= 0.3 is 0 Å². The molecular formula is C31H35NO3. The van der Waals surface area contributed by atoms with E-state index in [1.165, 1.54) is 11.1 Å². The zero-order chi connectivity index (χ0) is 24.2. The third kappa shape index (κ3) is 5.59. The van der Waals surface area contributed by atoms with Gasteiger partial charge in [0.25, 0.3) is 0 Å². The molecule has 5 rings (SSSR count). The molecule has 0 radical (unpaired) electrons. The van der Waals surface area contributed by atoms with Gasteiger partial charge < -0.3 is 9.47 Å². The summed E-state index contributed by atoms with van der Waals surface area (Å²) in [7, 11) is 0. The minimum Gasteiger partial charge on any atom is -0.485 e. The van der Waals surface area contributed by atoms with Gasteiger partial charge in [-0.25, -0.2) is 0 Å². The first kappa shape index (κ1) is 23.6. The van der Waals surface area contributed by atoms with Crippen LogP contribution in [0.5, 0.6) is 11.5 Å². The van der Waals surface area contributed by atoms with E-state index in [2.05, 4.69) is 55.1 Å². The van der Waals surface area contributed by atoms with E-state index in [0.29, 0.717) is 31.3 Å². The van der Waals surface area contributed by atoms with Crippen LogP contribution in [-0.2, 0) is 24.4 Å². The summed E-state index contributed by atoms with van der Waals surface area (Å²) in [5.41, 5.74) is 4.74. The van der Waals surface area contributed by atoms with Crippen molar-refractivity contribution in [2.24, 2.45) is 11.8 Å². The zero-order valence-corrected chi connectivity index (χ0v) is 20.8. The molecule has 2 unspecified atom stereocenters. The lowest BCUT2D eigenvalue weighted by Gasteiger charge is -2.43. The lowest BCUT2D eigenvalue weighted by molar-refractivity contribution is -0.129. The van der Waals surface area contributed by atoms with Crippen LogP contribution < -0.4 is 9.47 Å². The maximum Gasteiger partial charge on any atom is 0.162 e. The van der Waals surface area contributed by atoms with Gasteiger partial charge in [-0.05, 0) is 53.1 Å². The van der Waals surface area contributed by atoms with Gasteiger partial charge in [-0.1, -0.05) is 74.5 Å². The van der Waals surface area contributed by atoms with Gasteiger partial charge in [0.15, 0.2) is 11.5 Å². The third-order valence-corrected chi connectivity index (χ3v) is 7.21. The van der Waals surface area contributed by atoms with Crippen LogP contribution in [0.2, 0.25) is 0 Å². The Morgan fingerprint density at radius 2 is 1.49 bits per heavy atom. The molecule has 2 aliphatic heterocycles. The summed E-state index contributed by atoms with van der Waals surface area (Å²) in [5.74, 6) is 2.64. The number of hydrogen-bond donors (Lipinski definition) is 0. The number of rotatable bonds is 8. The number of carbonyl (C=O) groups is 1. The molecule has 0 spiro atoms. The number of ketones is 1. The predicted octanol–water partition coefficient (Wildman–Crippen LogP) is 6.38. The Balaban J connectivity index is 1.41. The van der Waals surface area contributed by atoms with Crippen molar-refractivity contribution in [1.82, 2.24) is 4.90 Å². The van der Waals surface area contributed by atoms with Crippen molar-refractivity contribution in [1.29, 1.82) is 0 Å². The van der Waals surface area contributed by atoms with Gasteiger partial charge in [-0.15, -0.1) is 0 Å². The standard InChI is InChI=1S/C31H35NO3/c1-22(2)15-26-19-32-14-13-25-16-30(34-20-23-9-5-3-6-10-23)31(17-27(25)28(32)18-29(26)33)35-21-24-11-7-4-8-12-24/h3-12,16-17,22,26,28H,13-15,18-21H2,1-2H3. The molecule has 3 aromatic rings. The normalized spacial score (nSPS) is 19.8. The lowest BCUT2D eigenvalue weighted by atomic mass is 9.80.